The second-order valence-corrected chi connectivity index (χ2v) is 11.1. The Hall–Kier alpha value is -4.74. The minimum Gasteiger partial charge on any atom is -0.347 e. The highest BCUT2D eigenvalue weighted by Crippen LogP contribution is 2.63. The van der Waals surface area contributed by atoms with Crippen molar-refractivity contribution in [2.45, 2.75) is 30.5 Å². The van der Waals surface area contributed by atoms with Crippen LogP contribution >= 0.6 is 0 Å². The first-order valence-corrected chi connectivity index (χ1v) is 13.7. The molecule has 2 heterocycles. The first-order valence-electron chi connectivity index (χ1n) is 13.7. The number of ether oxygens (including phenoxy) is 2. The summed E-state index contributed by atoms with van der Waals surface area (Å²) in [7, 11) is 0. The third-order valence-electron chi connectivity index (χ3n) is 8.84. The molecule has 8 rings (SSSR count). The average molecular weight is 567 g/mol. The van der Waals surface area contributed by atoms with Crippen LogP contribution in [0.4, 0.5) is 11.4 Å². The molecule has 3 aromatic carbocycles. The number of nitro groups is 1. The summed E-state index contributed by atoms with van der Waals surface area (Å²) < 4.78 is 11.1. The quantitative estimate of drug-likeness (QED) is 0.209. The molecule has 42 heavy (non-hydrogen) atoms. The van der Waals surface area contributed by atoms with Crippen molar-refractivity contribution in [3.8, 4) is 0 Å². The van der Waals surface area contributed by atoms with Crippen LogP contribution in [-0.4, -0.2) is 47.9 Å². The third kappa shape index (κ3) is 3.60. The first-order chi connectivity index (χ1) is 20.3. The van der Waals surface area contributed by atoms with Crippen LogP contribution in [0.15, 0.2) is 77.9 Å². The second kappa shape index (κ2) is 9.40. The highest BCUT2D eigenvalue weighted by atomic mass is 16.7. The molecule has 0 radical (unpaired) electrons. The minimum absolute atomic E-state index is 0.0652. The van der Waals surface area contributed by atoms with Gasteiger partial charge in [0.1, 0.15) is 5.69 Å². The highest BCUT2D eigenvalue weighted by molar-refractivity contribution is 6.25. The smallest absolute Gasteiger partial charge is 0.293 e. The second-order valence-electron chi connectivity index (χ2n) is 11.1. The van der Waals surface area contributed by atoms with E-state index in [4.69, 9.17) is 9.47 Å². The number of benzene rings is 3. The summed E-state index contributed by atoms with van der Waals surface area (Å²) in [6.45, 7) is 2.46. The van der Waals surface area contributed by atoms with Gasteiger partial charge in [-0.05, 0) is 35.2 Å². The van der Waals surface area contributed by atoms with Gasteiger partial charge in [-0.25, -0.2) is 10.3 Å². The topological polar surface area (TPSA) is 140 Å². The van der Waals surface area contributed by atoms with E-state index in [2.05, 4.69) is 10.5 Å². The summed E-state index contributed by atoms with van der Waals surface area (Å²) in [5.74, 6) is -4.75. The fourth-order valence-electron chi connectivity index (χ4n) is 7.29. The standard InChI is InChI=1S/C31H26N4O7/c1-30(41-14-15-42-30)16-24(36)33-32-17-31-20-10-4-2-8-18(20)25(19-9-3-5-11-21(19)31)26-27(31)29(38)34(28(26)37)22-12-6-7-13-23(22)35(39)40/h2-13,17,25-27H,14-16H2,1H3,(H,33,36)/b32-17-/t25?,26-,27+,31?/m0/s1. The number of anilines is 1. The Morgan fingerprint density at radius 3 is 2.24 bits per heavy atom. The highest BCUT2D eigenvalue weighted by Gasteiger charge is 2.68. The lowest BCUT2D eigenvalue weighted by Crippen LogP contribution is -2.54. The summed E-state index contributed by atoms with van der Waals surface area (Å²) >= 11 is 0. The van der Waals surface area contributed by atoms with Gasteiger partial charge >= 0.3 is 0 Å². The maximum absolute atomic E-state index is 14.4. The van der Waals surface area contributed by atoms with Crippen LogP contribution in [0.5, 0.6) is 0 Å². The Balaban J connectivity index is 1.37. The summed E-state index contributed by atoms with van der Waals surface area (Å²) in [4.78, 5) is 53.7. The Labute approximate surface area is 240 Å². The summed E-state index contributed by atoms with van der Waals surface area (Å²) in [5.41, 5.74) is 4.29. The van der Waals surface area contributed by atoms with Gasteiger partial charge in [0.15, 0.2) is 5.79 Å². The number of hydrazone groups is 1. The van der Waals surface area contributed by atoms with E-state index in [0.29, 0.717) is 13.2 Å². The number of hydrogen-bond acceptors (Lipinski definition) is 8. The van der Waals surface area contributed by atoms with Gasteiger partial charge in [0.05, 0.1) is 41.8 Å². The number of hydrogen-bond donors (Lipinski definition) is 1. The zero-order valence-corrected chi connectivity index (χ0v) is 22.6. The number of nitrogens with one attached hydrogen (secondary N) is 1. The molecule has 0 spiro atoms. The molecule has 0 aromatic heterocycles. The Morgan fingerprint density at radius 2 is 1.60 bits per heavy atom. The largest absolute Gasteiger partial charge is 0.347 e. The molecule has 3 amide bonds. The van der Waals surface area contributed by atoms with Crippen LogP contribution in [-0.2, 0) is 29.3 Å². The molecule has 2 fully saturated rings. The normalized spacial score (nSPS) is 26.7. The van der Waals surface area contributed by atoms with E-state index >= 15 is 0 Å². The van der Waals surface area contributed by atoms with E-state index in [1.54, 1.807) is 19.2 Å². The number of para-hydroxylation sites is 2. The van der Waals surface area contributed by atoms with E-state index < -0.39 is 51.6 Å². The van der Waals surface area contributed by atoms with Crippen molar-refractivity contribution in [3.63, 3.8) is 0 Å². The van der Waals surface area contributed by atoms with Crippen molar-refractivity contribution in [2.24, 2.45) is 16.9 Å². The van der Waals surface area contributed by atoms with Crippen LogP contribution in [0, 0.1) is 22.0 Å². The number of rotatable bonds is 6. The monoisotopic (exact) mass is 566 g/mol. The maximum atomic E-state index is 14.4. The van der Waals surface area contributed by atoms with Gasteiger partial charge in [-0.1, -0.05) is 60.7 Å². The number of imide groups is 1. The lowest BCUT2D eigenvalue weighted by Gasteiger charge is -2.52. The molecule has 11 nitrogen and oxygen atoms in total. The van der Waals surface area contributed by atoms with Crippen molar-refractivity contribution < 1.29 is 28.8 Å². The van der Waals surface area contributed by atoms with Gasteiger partial charge in [-0.2, -0.15) is 5.10 Å². The molecule has 0 saturated carbocycles. The van der Waals surface area contributed by atoms with Gasteiger partial charge in [0.2, 0.25) is 17.7 Å². The number of nitrogens with zero attached hydrogens (tertiary/aromatic N) is 3. The average Bonchev–Trinajstić information content (AvgIpc) is 3.53. The van der Waals surface area contributed by atoms with Gasteiger partial charge in [-0.3, -0.25) is 24.5 Å². The molecular weight excluding hydrogens is 540 g/mol. The molecule has 1 N–H and O–H groups in total. The lowest BCUT2D eigenvalue weighted by atomic mass is 9.47. The SMILES string of the molecule is CC1(CC(=O)N/N=C\C23c4ccccc4C(c4ccccc42)[C@@H]2C(=O)N(c4ccccc4[N+](=O)[O-])C(=O)[C@@H]23)OCCO1. The number of amides is 3. The van der Waals surface area contributed by atoms with Crippen LogP contribution in [0.3, 0.4) is 0 Å². The van der Waals surface area contributed by atoms with Crippen molar-refractivity contribution >= 4 is 35.3 Å². The molecule has 2 aliphatic heterocycles. The summed E-state index contributed by atoms with van der Waals surface area (Å²) in [6.07, 6.45) is 1.46. The fourth-order valence-corrected chi connectivity index (χ4v) is 7.29. The van der Waals surface area contributed by atoms with E-state index in [0.717, 1.165) is 27.2 Å². The number of carbonyl (C=O) groups excluding carboxylic acids is 3. The molecule has 11 heteroatoms. The molecule has 3 aromatic rings. The molecule has 2 bridgehead atoms. The van der Waals surface area contributed by atoms with Crippen molar-refractivity contribution in [1.82, 2.24) is 5.43 Å². The van der Waals surface area contributed by atoms with E-state index in [9.17, 15) is 24.5 Å². The number of carbonyl (C=O) groups is 3. The predicted molar refractivity (Wildman–Crippen MR) is 150 cm³/mol. The predicted octanol–water partition coefficient (Wildman–Crippen LogP) is 3.40. The van der Waals surface area contributed by atoms with Crippen molar-refractivity contribution in [2.75, 3.05) is 18.1 Å². The Kier molecular flexibility index (Phi) is 5.86. The maximum Gasteiger partial charge on any atom is 0.293 e. The van der Waals surface area contributed by atoms with Gasteiger partial charge in [0.25, 0.3) is 5.69 Å². The molecule has 5 aliphatic rings. The Morgan fingerprint density at radius 1 is 1.00 bits per heavy atom. The van der Waals surface area contributed by atoms with Crippen LogP contribution in [0.2, 0.25) is 0 Å². The molecule has 3 aliphatic carbocycles. The molecule has 0 unspecified atom stereocenters. The molecular formula is C31H26N4O7. The summed E-state index contributed by atoms with van der Waals surface area (Å²) in [6, 6.07) is 20.9. The van der Waals surface area contributed by atoms with Gasteiger partial charge in [-0.15, -0.1) is 0 Å². The van der Waals surface area contributed by atoms with Crippen molar-refractivity contribution in [3.05, 3.63) is 105 Å². The summed E-state index contributed by atoms with van der Waals surface area (Å²) in [5, 5.41) is 16.3. The van der Waals surface area contributed by atoms with Crippen LogP contribution < -0.4 is 10.3 Å². The van der Waals surface area contributed by atoms with E-state index in [-0.39, 0.29) is 17.8 Å². The number of nitro benzene ring substituents is 1. The molecule has 212 valence electrons. The van der Waals surface area contributed by atoms with Crippen LogP contribution in [0.25, 0.3) is 0 Å². The van der Waals surface area contributed by atoms with E-state index in [1.165, 1.54) is 18.2 Å². The van der Waals surface area contributed by atoms with Crippen LogP contribution in [0.1, 0.15) is 41.5 Å². The third-order valence-corrected chi connectivity index (χ3v) is 8.84. The van der Waals surface area contributed by atoms with Gasteiger partial charge < -0.3 is 9.47 Å². The zero-order chi connectivity index (χ0) is 29.2. The van der Waals surface area contributed by atoms with Crippen molar-refractivity contribution in [1.29, 1.82) is 0 Å². The fraction of sp³-hybridized carbons (Fsp3) is 0.290. The molecule has 2 saturated heterocycles. The van der Waals surface area contributed by atoms with E-state index in [1.807, 2.05) is 48.5 Å². The Bertz CT molecular complexity index is 1650. The molecule has 2 atom stereocenters. The minimum atomic E-state index is -1.23. The first kappa shape index (κ1) is 26.2. The zero-order valence-electron chi connectivity index (χ0n) is 22.6. The lowest BCUT2D eigenvalue weighted by molar-refractivity contribution is -0.384. The van der Waals surface area contributed by atoms with Gasteiger partial charge in [0, 0.05) is 18.2 Å².